The topological polar surface area (TPSA) is 53.1 Å². The lowest BCUT2D eigenvalue weighted by atomic mass is 9.89. The second-order valence-corrected chi connectivity index (χ2v) is 5.55. The van der Waals surface area contributed by atoms with Crippen molar-refractivity contribution in [3.63, 3.8) is 0 Å². The van der Waals surface area contributed by atoms with Crippen LogP contribution >= 0.6 is 0 Å². The van der Waals surface area contributed by atoms with Gasteiger partial charge in [-0.15, -0.1) is 0 Å². The standard InChI is InChI=1S/C14H25N3O/c1-4-6-12-13(15)14(17(3)16-12)18-11-8-5-7-10(2)9-11/h10-11H,4-9,15H2,1-3H3. The van der Waals surface area contributed by atoms with E-state index in [9.17, 15) is 0 Å². The molecule has 0 aliphatic heterocycles. The van der Waals surface area contributed by atoms with E-state index >= 15 is 0 Å². The van der Waals surface area contributed by atoms with Crippen molar-refractivity contribution >= 4 is 5.69 Å². The van der Waals surface area contributed by atoms with Crippen molar-refractivity contribution in [2.75, 3.05) is 5.73 Å². The Kier molecular flexibility index (Phi) is 4.15. The van der Waals surface area contributed by atoms with Gasteiger partial charge >= 0.3 is 0 Å². The van der Waals surface area contributed by atoms with E-state index in [1.807, 2.05) is 7.05 Å². The molecular formula is C14H25N3O. The summed E-state index contributed by atoms with van der Waals surface area (Å²) in [6, 6.07) is 0. The second-order valence-electron chi connectivity index (χ2n) is 5.55. The first-order valence-electron chi connectivity index (χ1n) is 7.09. The molecule has 2 unspecified atom stereocenters. The molecule has 1 aromatic heterocycles. The van der Waals surface area contributed by atoms with Crippen LogP contribution in [-0.4, -0.2) is 15.9 Å². The number of nitrogens with two attached hydrogens (primary N) is 1. The minimum Gasteiger partial charge on any atom is -0.473 e. The predicted molar refractivity (Wildman–Crippen MR) is 73.7 cm³/mol. The smallest absolute Gasteiger partial charge is 0.236 e. The van der Waals surface area contributed by atoms with Crippen LogP contribution in [0.4, 0.5) is 5.69 Å². The summed E-state index contributed by atoms with van der Waals surface area (Å²) in [6.45, 7) is 4.43. The lowest BCUT2D eigenvalue weighted by molar-refractivity contribution is 0.119. The molecule has 4 nitrogen and oxygen atoms in total. The maximum Gasteiger partial charge on any atom is 0.236 e. The molecule has 1 aromatic rings. The summed E-state index contributed by atoms with van der Waals surface area (Å²) in [6.07, 6.45) is 7.13. The van der Waals surface area contributed by atoms with Gasteiger partial charge in [-0.2, -0.15) is 5.10 Å². The fourth-order valence-corrected chi connectivity index (χ4v) is 2.78. The third-order valence-corrected chi connectivity index (χ3v) is 3.76. The Balaban J connectivity index is 2.08. The Morgan fingerprint density at radius 2 is 2.22 bits per heavy atom. The van der Waals surface area contributed by atoms with Crippen LogP contribution in [0.3, 0.4) is 0 Å². The van der Waals surface area contributed by atoms with Gasteiger partial charge in [-0.3, -0.25) is 0 Å². The Bertz CT molecular complexity index is 400. The molecular weight excluding hydrogens is 226 g/mol. The van der Waals surface area contributed by atoms with Gasteiger partial charge in [0.05, 0.1) is 5.69 Å². The average Bonchev–Trinajstić information content (AvgIpc) is 2.58. The fraction of sp³-hybridized carbons (Fsp3) is 0.786. The van der Waals surface area contributed by atoms with Gasteiger partial charge in [0.25, 0.3) is 0 Å². The highest BCUT2D eigenvalue weighted by Gasteiger charge is 2.23. The van der Waals surface area contributed by atoms with Gasteiger partial charge in [0.2, 0.25) is 5.88 Å². The van der Waals surface area contributed by atoms with E-state index < -0.39 is 0 Å². The monoisotopic (exact) mass is 251 g/mol. The van der Waals surface area contributed by atoms with Gasteiger partial charge < -0.3 is 10.5 Å². The van der Waals surface area contributed by atoms with Crippen LogP contribution in [0, 0.1) is 5.92 Å². The molecule has 18 heavy (non-hydrogen) atoms. The van der Waals surface area contributed by atoms with Gasteiger partial charge in [-0.25, -0.2) is 4.68 Å². The molecule has 0 aromatic carbocycles. The summed E-state index contributed by atoms with van der Waals surface area (Å²) in [5.41, 5.74) is 7.84. The van der Waals surface area contributed by atoms with Gasteiger partial charge in [0.15, 0.2) is 0 Å². The number of nitrogen functional groups attached to an aromatic ring is 1. The lowest BCUT2D eigenvalue weighted by Gasteiger charge is -2.27. The molecule has 102 valence electrons. The number of aryl methyl sites for hydroxylation is 2. The van der Waals surface area contributed by atoms with E-state index in [0.717, 1.165) is 48.9 Å². The number of aromatic nitrogens is 2. The van der Waals surface area contributed by atoms with E-state index in [-0.39, 0.29) is 0 Å². The van der Waals surface area contributed by atoms with Gasteiger partial charge in [0, 0.05) is 7.05 Å². The summed E-state index contributed by atoms with van der Waals surface area (Å²) in [4.78, 5) is 0. The minimum absolute atomic E-state index is 0.306. The predicted octanol–water partition coefficient (Wildman–Crippen LogP) is 2.91. The van der Waals surface area contributed by atoms with Crippen LogP contribution in [0.25, 0.3) is 0 Å². The zero-order valence-corrected chi connectivity index (χ0v) is 11.8. The highest BCUT2D eigenvalue weighted by molar-refractivity contribution is 5.53. The molecule has 0 bridgehead atoms. The molecule has 4 heteroatoms. The van der Waals surface area contributed by atoms with Crippen molar-refractivity contribution in [2.24, 2.45) is 13.0 Å². The SMILES string of the molecule is CCCc1nn(C)c(OC2CCCC(C)C2)c1N. The molecule has 2 N–H and O–H groups in total. The first-order valence-corrected chi connectivity index (χ1v) is 7.09. The summed E-state index contributed by atoms with van der Waals surface area (Å²) in [5.74, 6) is 1.52. The molecule has 0 saturated heterocycles. The molecule has 1 heterocycles. The molecule has 1 aliphatic rings. The number of anilines is 1. The van der Waals surface area contributed by atoms with E-state index in [1.54, 1.807) is 4.68 Å². The van der Waals surface area contributed by atoms with Crippen molar-refractivity contribution in [1.29, 1.82) is 0 Å². The number of hydrogen-bond donors (Lipinski definition) is 1. The van der Waals surface area contributed by atoms with E-state index in [1.165, 1.54) is 12.8 Å². The highest BCUT2D eigenvalue weighted by Crippen LogP contribution is 2.31. The van der Waals surface area contributed by atoms with E-state index in [2.05, 4.69) is 18.9 Å². The second kappa shape index (κ2) is 5.63. The number of ether oxygens (including phenoxy) is 1. The van der Waals surface area contributed by atoms with Crippen LogP contribution in [-0.2, 0) is 13.5 Å². The maximum absolute atomic E-state index is 6.13. The third kappa shape index (κ3) is 2.79. The Labute approximate surface area is 110 Å². The zero-order valence-electron chi connectivity index (χ0n) is 11.8. The summed E-state index contributed by atoms with van der Waals surface area (Å²) in [5, 5.41) is 4.45. The molecule has 1 fully saturated rings. The first-order chi connectivity index (χ1) is 8.61. The molecule has 0 radical (unpaired) electrons. The summed E-state index contributed by atoms with van der Waals surface area (Å²) in [7, 11) is 1.91. The van der Waals surface area contributed by atoms with E-state index in [4.69, 9.17) is 10.5 Å². The van der Waals surface area contributed by atoms with Crippen LogP contribution in [0.15, 0.2) is 0 Å². The number of hydrogen-bond acceptors (Lipinski definition) is 3. The zero-order chi connectivity index (χ0) is 13.1. The van der Waals surface area contributed by atoms with Crippen molar-refractivity contribution in [2.45, 2.75) is 58.5 Å². The van der Waals surface area contributed by atoms with Crippen LogP contribution in [0.2, 0.25) is 0 Å². The quantitative estimate of drug-likeness (QED) is 0.895. The maximum atomic E-state index is 6.13. The van der Waals surface area contributed by atoms with Gasteiger partial charge in [0.1, 0.15) is 11.8 Å². The normalized spacial score (nSPS) is 24.2. The molecule has 2 rings (SSSR count). The largest absolute Gasteiger partial charge is 0.473 e. The lowest BCUT2D eigenvalue weighted by Crippen LogP contribution is -2.25. The number of nitrogens with zero attached hydrogens (tertiary/aromatic N) is 2. The fourth-order valence-electron chi connectivity index (χ4n) is 2.78. The van der Waals surface area contributed by atoms with Gasteiger partial charge in [-0.1, -0.05) is 26.7 Å². The highest BCUT2D eigenvalue weighted by atomic mass is 16.5. The third-order valence-electron chi connectivity index (χ3n) is 3.76. The van der Waals surface area contributed by atoms with E-state index in [0.29, 0.717) is 6.10 Å². The van der Waals surface area contributed by atoms with Gasteiger partial charge in [-0.05, 0) is 31.6 Å². The van der Waals surface area contributed by atoms with Crippen LogP contribution < -0.4 is 10.5 Å². The van der Waals surface area contributed by atoms with Crippen molar-refractivity contribution in [1.82, 2.24) is 9.78 Å². The molecule has 1 aliphatic carbocycles. The molecule has 0 spiro atoms. The van der Waals surface area contributed by atoms with Crippen molar-refractivity contribution in [3.8, 4) is 5.88 Å². The summed E-state index contributed by atoms with van der Waals surface area (Å²) < 4.78 is 7.88. The first kappa shape index (κ1) is 13.2. The summed E-state index contributed by atoms with van der Waals surface area (Å²) >= 11 is 0. The van der Waals surface area contributed by atoms with Crippen molar-refractivity contribution < 1.29 is 4.74 Å². The Morgan fingerprint density at radius 3 is 2.89 bits per heavy atom. The Morgan fingerprint density at radius 1 is 1.44 bits per heavy atom. The molecule has 2 atom stereocenters. The van der Waals surface area contributed by atoms with Crippen LogP contribution in [0.1, 0.15) is 51.6 Å². The average molecular weight is 251 g/mol. The molecule has 1 saturated carbocycles. The Hall–Kier alpha value is -1.19. The van der Waals surface area contributed by atoms with Crippen molar-refractivity contribution in [3.05, 3.63) is 5.69 Å². The minimum atomic E-state index is 0.306. The van der Waals surface area contributed by atoms with Crippen LogP contribution in [0.5, 0.6) is 5.88 Å². The molecule has 0 amide bonds. The number of rotatable bonds is 4.